The van der Waals surface area contributed by atoms with Crippen LogP contribution in [0.1, 0.15) is 31.2 Å². The number of ether oxygens (including phenoxy) is 1. The van der Waals surface area contributed by atoms with Crippen molar-refractivity contribution in [2.45, 2.75) is 33.1 Å². The van der Waals surface area contributed by atoms with Gasteiger partial charge in [-0.1, -0.05) is 6.07 Å². The van der Waals surface area contributed by atoms with Gasteiger partial charge in [0, 0.05) is 17.8 Å². The Kier molecular flexibility index (Phi) is 4.81. The third-order valence-electron chi connectivity index (χ3n) is 2.07. The fraction of sp³-hybridized carbons (Fsp3) is 0.500. The largest absolute Gasteiger partial charge is 0.466 e. The van der Waals surface area contributed by atoms with Gasteiger partial charge in [0.05, 0.1) is 6.61 Å². The molecular formula is C12H17NO2. The average molecular weight is 207 g/mol. The first-order chi connectivity index (χ1) is 7.22. The van der Waals surface area contributed by atoms with Gasteiger partial charge >= 0.3 is 5.97 Å². The molecule has 82 valence electrons. The van der Waals surface area contributed by atoms with Crippen LogP contribution in [0.4, 0.5) is 0 Å². The Bertz CT molecular complexity index is 323. The Morgan fingerprint density at radius 2 is 2.27 bits per heavy atom. The number of hydrogen-bond acceptors (Lipinski definition) is 3. The van der Waals surface area contributed by atoms with Crippen molar-refractivity contribution in [3.05, 3.63) is 29.6 Å². The summed E-state index contributed by atoms with van der Waals surface area (Å²) in [6, 6.07) is 5.94. The highest BCUT2D eigenvalue weighted by Gasteiger charge is 2.02. The first-order valence-electron chi connectivity index (χ1n) is 5.30. The summed E-state index contributed by atoms with van der Waals surface area (Å²) < 4.78 is 4.84. The smallest absolute Gasteiger partial charge is 0.305 e. The summed E-state index contributed by atoms with van der Waals surface area (Å²) >= 11 is 0. The predicted octanol–water partition coefficient (Wildman–Crippen LogP) is 2.28. The lowest BCUT2D eigenvalue weighted by molar-refractivity contribution is -0.143. The van der Waals surface area contributed by atoms with Crippen LogP contribution < -0.4 is 0 Å². The minimum Gasteiger partial charge on any atom is -0.466 e. The molecule has 1 rings (SSSR count). The summed E-state index contributed by atoms with van der Waals surface area (Å²) in [6.45, 7) is 4.25. The number of carbonyl (C=O) groups is 1. The fourth-order valence-corrected chi connectivity index (χ4v) is 1.39. The molecule has 0 aliphatic heterocycles. The molecule has 0 saturated heterocycles. The predicted molar refractivity (Wildman–Crippen MR) is 58.5 cm³/mol. The number of aromatic nitrogens is 1. The maximum atomic E-state index is 11.1. The first-order valence-corrected chi connectivity index (χ1v) is 5.30. The maximum absolute atomic E-state index is 11.1. The highest BCUT2D eigenvalue weighted by Crippen LogP contribution is 2.04. The third-order valence-corrected chi connectivity index (χ3v) is 2.07. The molecule has 15 heavy (non-hydrogen) atoms. The van der Waals surface area contributed by atoms with Gasteiger partial charge in [-0.3, -0.25) is 9.78 Å². The molecule has 0 bridgehead atoms. The Morgan fingerprint density at radius 3 is 2.93 bits per heavy atom. The van der Waals surface area contributed by atoms with Crippen molar-refractivity contribution in [2.75, 3.05) is 6.61 Å². The van der Waals surface area contributed by atoms with Crippen LogP contribution in [-0.2, 0) is 16.0 Å². The second-order valence-electron chi connectivity index (χ2n) is 3.43. The van der Waals surface area contributed by atoms with Gasteiger partial charge in [0.1, 0.15) is 0 Å². The van der Waals surface area contributed by atoms with Crippen molar-refractivity contribution in [1.82, 2.24) is 4.98 Å². The molecule has 0 radical (unpaired) electrons. The lowest BCUT2D eigenvalue weighted by Crippen LogP contribution is -2.04. The monoisotopic (exact) mass is 207 g/mol. The van der Waals surface area contributed by atoms with E-state index in [1.54, 1.807) is 0 Å². The van der Waals surface area contributed by atoms with E-state index in [0.29, 0.717) is 13.0 Å². The Labute approximate surface area is 90.5 Å². The van der Waals surface area contributed by atoms with Crippen LogP contribution >= 0.6 is 0 Å². The number of pyridine rings is 1. The van der Waals surface area contributed by atoms with E-state index in [1.807, 2.05) is 32.0 Å². The molecule has 0 aliphatic rings. The van der Waals surface area contributed by atoms with Crippen LogP contribution in [-0.4, -0.2) is 17.6 Å². The van der Waals surface area contributed by atoms with E-state index in [2.05, 4.69) is 4.98 Å². The molecule has 0 aromatic carbocycles. The number of rotatable bonds is 5. The number of carbonyl (C=O) groups excluding carboxylic acids is 1. The van der Waals surface area contributed by atoms with Crippen molar-refractivity contribution in [3.63, 3.8) is 0 Å². The minimum absolute atomic E-state index is 0.120. The van der Waals surface area contributed by atoms with Crippen LogP contribution in [0.25, 0.3) is 0 Å². The Hall–Kier alpha value is -1.38. The summed E-state index contributed by atoms with van der Waals surface area (Å²) in [6.07, 6.45) is 2.11. The minimum atomic E-state index is -0.120. The highest BCUT2D eigenvalue weighted by atomic mass is 16.5. The lowest BCUT2D eigenvalue weighted by atomic mass is 10.1. The molecule has 0 spiro atoms. The van der Waals surface area contributed by atoms with Gasteiger partial charge in [-0.25, -0.2) is 0 Å². The van der Waals surface area contributed by atoms with Gasteiger partial charge in [0.2, 0.25) is 0 Å². The standard InChI is InChI=1S/C12H17NO2/c1-3-15-12(14)9-5-8-11-7-4-6-10(2)13-11/h4,6-7H,3,5,8-9H2,1-2H3. The topological polar surface area (TPSA) is 39.2 Å². The molecule has 0 atom stereocenters. The van der Waals surface area contributed by atoms with Gasteiger partial charge in [-0.05, 0) is 38.8 Å². The van der Waals surface area contributed by atoms with Crippen LogP contribution in [0.2, 0.25) is 0 Å². The van der Waals surface area contributed by atoms with Gasteiger partial charge in [0.15, 0.2) is 0 Å². The van der Waals surface area contributed by atoms with Crippen LogP contribution in [0.15, 0.2) is 18.2 Å². The van der Waals surface area contributed by atoms with Gasteiger partial charge in [-0.2, -0.15) is 0 Å². The van der Waals surface area contributed by atoms with Crippen molar-refractivity contribution < 1.29 is 9.53 Å². The molecule has 1 aromatic heterocycles. The average Bonchev–Trinajstić information content (AvgIpc) is 2.18. The van der Waals surface area contributed by atoms with Crippen molar-refractivity contribution in [3.8, 4) is 0 Å². The molecule has 1 heterocycles. The van der Waals surface area contributed by atoms with Crippen LogP contribution in [0, 0.1) is 6.92 Å². The summed E-state index contributed by atoms with van der Waals surface area (Å²) in [5.41, 5.74) is 2.06. The van der Waals surface area contributed by atoms with E-state index < -0.39 is 0 Å². The normalized spacial score (nSPS) is 10.0. The van der Waals surface area contributed by atoms with Crippen molar-refractivity contribution >= 4 is 5.97 Å². The molecule has 0 N–H and O–H groups in total. The molecule has 0 unspecified atom stereocenters. The summed E-state index contributed by atoms with van der Waals surface area (Å²) in [7, 11) is 0. The van der Waals surface area contributed by atoms with Gasteiger partial charge in [0.25, 0.3) is 0 Å². The molecular weight excluding hydrogens is 190 g/mol. The third kappa shape index (κ3) is 4.58. The van der Waals surface area contributed by atoms with Crippen LogP contribution in [0.3, 0.4) is 0 Å². The van der Waals surface area contributed by atoms with E-state index in [1.165, 1.54) is 0 Å². The molecule has 1 aromatic rings. The van der Waals surface area contributed by atoms with Gasteiger partial charge in [-0.15, -0.1) is 0 Å². The van der Waals surface area contributed by atoms with E-state index in [9.17, 15) is 4.79 Å². The Morgan fingerprint density at radius 1 is 1.47 bits per heavy atom. The zero-order valence-corrected chi connectivity index (χ0v) is 9.32. The number of nitrogens with zero attached hydrogens (tertiary/aromatic N) is 1. The molecule has 0 fully saturated rings. The number of aryl methyl sites for hydroxylation is 2. The molecule has 3 heteroatoms. The molecule has 0 aliphatic carbocycles. The SMILES string of the molecule is CCOC(=O)CCCc1cccc(C)n1. The molecule has 3 nitrogen and oxygen atoms in total. The lowest BCUT2D eigenvalue weighted by Gasteiger charge is -2.02. The van der Waals surface area contributed by atoms with Gasteiger partial charge < -0.3 is 4.74 Å². The van der Waals surface area contributed by atoms with E-state index >= 15 is 0 Å². The number of hydrogen-bond donors (Lipinski definition) is 0. The van der Waals surface area contributed by atoms with E-state index in [4.69, 9.17) is 4.74 Å². The second kappa shape index (κ2) is 6.17. The number of esters is 1. The van der Waals surface area contributed by atoms with Crippen LogP contribution in [0.5, 0.6) is 0 Å². The molecule has 0 saturated carbocycles. The maximum Gasteiger partial charge on any atom is 0.305 e. The zero-order valence-electron chi connectivity index (χ0n) is 9.32. The second-order valence-corrected chi connectivity index (χ2v) is 3.43. The van der Waals surface area contributed by atoms with E-state index in [-0.39, 0.29) is 5.97 Å². The first kappa shape index (κ1) is 11.7. The molecule has 0 amide bonds. The highest BCUT2D eigenvalue weighted by molar-refractivity contribution is 5.69. The summed E-state index contributed by atoms with van der Waals surface area (Å²) in [4.78, 5) is 15.4. The fourth-order valence-electron chi connectivity index (χ4n) is 1.39. The van der Waals surface area contributed by atoms with Crippen molar-refractivity contribution in [2.24, 2.45) is 0 Å². The Balaban J connectivity index is 2.28. The zero-order chi connectivity index (χ0) is 11.1. The van der Waals surface area contributed by atoms with Crippen molar-refractivity contribution in [1.29, 1.82) is 0 Å². The summed E-state index contributed by atoms with van der Waals surface area (Å²) in [5.74, 6) is -0.120. The quantitative estimate of drug-likeness (QED) is 0.695. The van der Waals surface area contributed by atoms with E-state index in [0.717, 1.165) is 24.2 Å². The summed E-state index contributed by atoms with van der Waals surface area (Å²) in [5, 5.41) is 0.